The van der Waals surface area contributed by atoms with Crippen molar-refractivity contribution in [1.29, 1.82) is 0 Å². The first kappa shape index (κ1) is 13.6. The van der Waals surface area contributed by atoms with Crippen LogP contribution in [0.2, 0.25) is 0 Å². The molecular weight excluding hydrogens is 278 g/mol. The number of rotatable bonds is 4. The Morgan fingerprint density at radius 2 is 1.71 bits per heavy atom. The molecule has 0 saturated carbocycles. The van der Waals surface area contributed by atoms with Crippen LogP contribution >= 0.6 is 11.3 Å². The van der Waals surface area contributed by atoms with E-state index in [4.69, 9.17) is 0 Å². The molecule has 104 valence electrons. The number of carbonyl (C=O) groups is 1. The van der Waals surface area contributed by atoms with Crippen molar-refractivity contribution in [2.45, 2.75) is 6.92 Å². The van der Waals surface area contributed by atoms with Gasteiger partial charge in [-0.2, -0.15) is 0 Å². The van der Waals surface area contributed by atoms with E-state index < -0.39 is 0 Å². The Bertz CT molecular complexity index is 745. The van der Waals surface area contributed by atoms with Gasteiger partial charge in [-0.3, -0.25) is 4.79 Å². The highest BCUT2D eigenvalue weighted by atomic mass is 32.1. The summed E-state index contributed by atoms with van der Waals surface area (Å²) in [5.41, 5.74) is 3.73. The second kappa shape index (κ2) is 5.94. The van der Waals surface area contributed by atoms with Gasteiger partial charge in [0, 0.05) is 21.8 Å². The summed E-state index contributed by atoms with van der Waals surface area (Å²) < 4.78 is 0. The molecule has 0 spiro atoms. The molecule has 1 N–H and O–H groups in total. The molecule has 0 aliphatic carbocycles. The van der Waals surface area contributed by atoms with Crippen LogP contribution in [0, 0.1) is 0 Å². The van der Waals surface area contributed by atoms with Gasteiger partial charge in [-0.25, -0.2) is 0 Å². The predicted molar refractivity (Wildman–Crippen MR) is 89.5 cm³/mol. The summed E-state index contributed by atoms with van der Waals surface area (Å²) in [4.78, 5) is 12.9. The zero-order chi connectivity index (χ0) is 14.7. The number of nitrogens with one attached hydrogen (secondary N) is 1. The molecule has 3 aromatic rings. The Morgan fingerprint density at radius 3 is 2.38 bits per heavy atom. The summed E-state index contributed by atoms with van der Waals surface area (Å²) in [6, 6.07) is 20.0. The minimum absolute atomic E-state index is 0.0632. The number of hydrogen-bond donors (Lipinski definition) is 1. The van der Waals surface area contributed by atoms with Crippen LogP contribution in [0.3, 0.4) is 0 Å². The van der Waals surface area contributed by atoms with Crippen LogP contribution in [0.15, 0.2) is 66.0 Å². The molecule has 0 atom stereocenters. The topological polar surface area (TPSA) is 29.1 Å². The molecule has 0 aliphatic rings. The maximum absolute atomic E-state index is 11.6. The molecular formula is C18H15NOS. The fourth-order valence-electron chi connectivity index (χ4n) is 2.22. The number of para-hydroxylation sites is 1. The molecule has 0 unspecified atom stereocenters. The molecule has 0 aliphatic heterocycles. The molecule has 1 aromatic heterocycles. The average molecular weight is 293 g/mol. The first-order chi connectivity index (χ1) is 10.2. The van der Waals surface area contributed by atoms with E-state index in [-0.39, 0.29) is 5.78 Å². The van der Waals surface area contributed by atoms with Gasteiger partial charge in [0.05, 0.1) is 0 Å². The zero-order valence-electron chi connectivity index (χ0n) is 11.7. The summed E-state index contributed by atoms with van der Waals surface area (Å²) >= 11 is 1.73. The molecule has 0 radical (unpaired) electrons. The Labute approximate surface area is 128 Å². The van der Waals surface area contributed by atoms with E-state index in [0.29, 0.717) is 5.56 Å². The van der Waals surface area contributed by atoms with Crippen LogP contribution in [-0.2, 0) is 0 Å². The Hall–Kier alpha value is -2.39. The SMILES string of the molecule is CC(=O)c1ccccc1Nc1ccc(-c2cccs2)cc1. The second-order valence-corrected chi connectivity index (χ2v) is 5.73. The van der Waals surface area contributed by atoms with Crippen LogP contribution in [0.4, 0.5) is 11.4 Å². The van der Waals surface area contributed by atoms with Crippen LogP contribution in [0.25, 0.3) is 10.4 Å². The Balaban J connectivity index is 1.84. The Kier molecular flexibility index (Phi) is 3.84. The molecule has 3 rings (SSSR count). The number of anilines is 2. The highest BCUT2D eigenvalue weighted by Gasteiger charge is 2.06. The summed E-state index contributed by atoms with van der Waals surface area (Å²) in [6.07, 6.45) is 0. The van der Waals surface area contributed by atoms with Crippen molar-refractivity contribution in [2.24, 2.45) is 0 Å². The summed E-state index contributed by atoms with van der Waals surface area (Å²) in [7, 11) is 0. The lowest BCUT2D eigenvalue weighted by atomic mass is 10.1. The first-order valence-electron chi connectivity index (χ1n) is 6.75. The van der Waals surface area contributed by atoms with Gasteiger partial charge in [-0.05, 0) is 48.2 Å². The fourth-order valence-corrected chi connectivity index (χ4v) is 2.95. The lowest BCUT2D eigenvalue weighted by molar-refractivity contribution is 0.101. The van der Waals surface area contributed by atoms with E-state index in [1.807, 2.05) is 36.4 Å². The van der Waals surface area contributed by atoms with E-state index in [9.17, 15) is 4.79 Å². The van der Waals surface area contributed by atoms with E-state index in [2.05, 4.69) is 35.0 Å². The quantitative estimate of drug-likeness (QED) is 0.656. The fraction of sp³-hybridized carbons (Fsp3) is 0.0556. The molecule has 0 saturated heterocycles. The van der Waals surface area contributed by atoms with Gasteiger partial charge >= 0.3 is 0 Å². The van der Waals surface area contributed by atoms with Crippen molar-refractivity contribution >= 4 is 28.5 Å². The van der Waals surface area contributed by atoms with Crippen LogP contribution in [-0.4, -0.2) is 5.78 Å². The van der Waals surface area contributed by atoms with Crippen molar-refractivity contribution in [1.82, 2.24) is 0 Å². The maximum atomic E-state index is 11.6. The van der Waals surface area contributed by atoms with Crippen molar-refractivity contribution in [3.05, 3.63) is 71.6 Å². The van der Waals surface area contributed by atoms with Crippen LogP contribution < -0.4 is 5.32 Å². The maximum Gasteiger partial charge on any atom is 0.161 e. The molecule has 0 amide bonds. The molecule has 3 heteroatoms. The van der Waals surface area contributed by atoms with Gasteiger partial charge in [-0.15, -0.1) is 11.3 Å². The van der Waals surface area contributed by atoms with Gasteiger partial charge in [0.15, 0.2) is 5.78 Å². The van der Waals surface area contributed by atoms with Crippen molar-refractivity contribution in [3.63, 3.8) is 0 Å². The lowest BCUT2D eigenvalue weighted by Crippen LogP contribution is -1.99. The largest absolute Gasteiger partial charge is 0.355 e. The zero-order valence-corrected chi connectivity index (χ0v) is 12.5. The number of carbonyl (C=O) groups excluding carboxylic acids is 1. The van der Waals surface area contributed by atoms with E-state index in [1.165, 1.54) is 10.4 Å². The van der Waals surface area contributed by atoms with E-state index in [1.54, 1.807) is 18.3 Å². The highest BCUT2D eigenvalue weighted by molar-refractivity contribution is 7.13. The summed E-state index contributed by atoms with van der Waals surface area (Å²) in [5, 5.41) is 5.38. The molecule has 2 aromatic carbocycles. The van der Waals surface area contributed by atoms with Crippen LogP contribution in [0.1, 0.15) is 17.3 Å². The molecule has 0 fully saturated rings. The van der Waals surface area contributed by atoms with Gasteiger partial charge in [0.25, 0.3) is 0 Å². The number of thiophene rings is 1. The number of hydrogen-bond acceptors (Lipinski definition) is 3. The molecule has 0 bridgehead atoms. The van der Waals surface area contributed by atoms with Crippen molar-refractivity contribution in [2.75, 3.05) is 5.32 Å². The highest BCUT2D eigenvalue weighted by Crippen LogP contribution is 2.27. The minimum atomic E-state index is 0.0632. The summed E-state index contributed by atoms with van der Waals surface area (Å²) in [5.74, 6) is 0.0632. The monoisotopic (exact) mass is 293 g/mol. The molecule has 2 nitrogen and oxygen atoms in total. The number of benzene rings is 2. The third-order valence-corrected chi connectivity index (χ3v) is 4.19. The molecule has 1 heterocycles. The standard InChI is InChI=1S/C18H15NOS/c1-13(20)16-5-2-3-6-17(16)19-15-10-8-14(9-11-15)18-7-4-12-21-18/h2-12,19H,1H3. The van der Waals surface area contributed by atoms with Gasteiger partial charge in [0.1, 0.15) is 0 Å². The molecule has 21 heavy (non-hydrogen) atoms. The average Bonchev–Trinajstić information content (AvgIpc) is 3.03. The summed E-state index contributed by atoms with van der Waals surface area (Å²) in [6.45, 7) is 1.58. The van der Waals surface area contributed by atoms with Gasteiger partial charge in [0.2, 0.25) is 0 Å². The van der Waals surface area contributed by atoms with E-state index >= 15 is 0 Å². The van der Waals surface area contributed by atoms with Crippen molar-refractivity contribution in [3.8, 4) is 10.4 Å². The van der Waals surface area contributed by atoms with Gasteiger partial charge < -0.3 is 5.32 Å². The predicted octanol–water partition coefficient (Wildman–Crippen LogP) is 5.36. The van der Waals surface area contributed by atoms with Crippen molar-refractivity contribution < 1.29 is 4.79 Å². The minimum Gasteiger partial charge on any atom is -0.355 e. The first-order valence-corrected chi connectivity index (χ1v) is 7.63. The normalized spacial score (nSPS) is 10.3. The van der Waals surface area contributed by atoms with Gasteiger partial charge in [-0.1, -0.05) is 30.3 Å². The van der Waals surface area contributed by atoms with E-state index in [0.717, 1.165) is 11.4 Å². The number of ketones is 1. The lowest BCUT2D eigenvalue weighted by Gasteiger charge is -2.10. The number of Topliss-reactive ketones (excluding diaryl/α,β-unsaturated/α-hetero) is 1. The third kappa shape index (κ3) is 3.03. The smallest absolute Gasteiger partial charge is 0.161 e. The second-order valence-electron chi connectivity index (χ2n) is 4.78. The third-order valence-electron chi connectivity index (χ3n) is 3.28. The van der Waals surface area contributed by atoms with Crippen LogP contribution in [0.5, 0.6) is 0 Å². The Morgan fingerprint density at radius 1 is 0.952 bits per heavy atom.